The number of carbonyl (C=O) groups is 1. The molecule has 0 radical (unpaired) electrons. The minimum atomic E-state index is -0.0493. The average molecular weight is 302 g/mol. The molecule has 3 rings (SSSR count). The lowest BCUT2D eigenvalue weighted by atomic mass is 9.89. The van der Waals surface area contributed by atoms with Crippen LogP contribution in [0.25, 0.3) is 0 Å². The Morgan fingerprint density at radius 3 is 2.64 bits per heavy atom. The van der Waals surface area contributed by atoms with Crippen molar-refractivity contribution in [3.63, 3.8) is 0 Å². The quantitative estimate of drug-likeness (QED) is 0.933. The van der Waals surface area contributed by atoms with E-state index in [-0.39, 0.29) is 11.8 Å². The molecule has 1 aromatic carbocycles. The molecule has 2 aliphatic rings. The van der Waals surface area contributed by atoms with Gasteiger partial charge < -0.3 is 15.4 Å². The molecule has 0 aromatic heterocycles. The Balaban J connectivity index is 1.77. The summed E-state index contributed by atoms with van der Waals surface area (Å²) in [6, 6.07) is 6.74. The highest BCUT2D eigenvalue weighted by molar-refractivity contribution is 5.86. The van der Waals surface area contributed by atoms with E-state index < -0.39 is 0 Å². The van der Waals surface area contributed by atoms with Crippen molar-refractivity contribution in [2.45, 2.75) is 56.5 Å². The summed E-state index contributed by atoms with van der Waals surface area (Å²) in [5.74, 6) is 1.04. The van der Waals surface area contributed by atoms with E-state index in [0.29, 0.717) is 12.1 Å². The number of benzene rings is 1. The zero-order valence-corrected chi connectivity index (χ0v) is 13.5. The van der Waals surface area contributed by atoms with Gasteiger partial charge in [-0.05, 0) is 50.2 Å². The van der Waals surface area contributed by atoms with Crippen LogP contribution in [0.4, 0.5) is 0 Å². The molecule has 4 nitrogen and oxygen atoms in total. The number of methoxy groups -OCH3 is 1. The molecular formula is C18H26N2O2. The third kappa shape index (κ3) is 2.72. The van der Waals surface area contributed by atoms with Gasteiger partial charge in [0.2, 0.25) is 5.91 Å². The maximum Gasteiger partial charge on any atom is 0.230 e. The number of ether oxygens (including phenoxy) is 1. The van der Waals surface area contributed by atoms with Crippen molar-refractivity contribution in [2.75, 3.05) is 14.2 Å². The Kier molecular flexibility index (Phi) is 4.39. The standard InChI is InChI=1S/C18H26N2O2/c1-20(14-9-7-13(19)8-10-14)18(21)15-11-6-12-4-3-5-16(22-2)17(12)15/h3-5,13-15H,6-11,19H2,1-2H3. The van der Waals surface area contributed by atoms with E-state index in [1.165, 1.54) is 5.56 Å². The Bertz CT molecular complexity index is 550. The van der Waals surface area contributed by atoms with Crippen molar-refractivity contribution in [3.8, 4) is 5.75 Å². The van der Waals surface area contributed by atoms with Gasteiger partial charge in [-0.1, -0.05) is 12.1 Å². The molecule has 1 unspecified atom stereocenters. The molecule has 1 saturated carbocycles. The molecule has 1 aromatic rings. The lowest BCUT2D eigenvalue weighted by Gasteiger charge is -2.35. The summed E-state index contributed by atoms with van der Waals surface area (Å²) in [6.45, 7) is 0. The molecule has 2 aliphatic carbocycles. The van der Waals surface area contributed by atoms with Crippen LogP contribution in [-0.2, 0) is 11.2 Å². The highest BCUT2D eigenvalue weighted by Gasteiger charge is 2.35. The fourth-order valence-electron chi connectivity index (χ4n) is 3.99. The molecule has 0 bridgehead atoms. The minimum Gasteiger partial charge on any atom is -0.496 e. The molecule has 0 saturated heterocycles. The van der Waals surface area contributed by atoms with Crippen molar-refractivity contribution in [1.29, 1.82) is 0 Å². The van der Waals surface area contributed by atoms with Gasteiger partial charge in [0, 0.05) is 24.7 Å². The highest BCUT2D eigenvalue weighted by atomic mass is 16.5. The molecule has 120 valence electrons. The second kappa shape index (κ2) is 6.29. The van der Waals surface area contributed by atoms with Crippen molar-refractivity contribution in [3.05, 3.63) is 29.3 Å². The summed E-state index contributed by atoms with van der Waals surface area (Å²) < 4.78 is 5.49. The summed E-state index contributed by atoms with van der Waals surface area (Å²) in [4.78, 5) is 15.0. The normalized spacial score (nSPS) is 27.3. The van der Waals surface area contributed by atoms with Crippen LogP contribution in [0.1, 0.15) is 49.1 Å². The Labute approximate surface area is 132 Å². The smallest absolute Gasteiger partial charge is 0.230 e. The fraction of sp³-hybridized carbons (Fsp3) is 0.611. The van der Waals surface area contributed by atoms with Crippen LogP contribution >= 0.6 is 0 Å². The largest absolute Gasteiger partial charge is 0.496 e. The van der Waals surface area contributed by atoms with E-state index in [0.717, 1.165) is 49.8 Å². The average Bonchev–Trinajstić information content (AvgIpc) is 2.98. The van der Waals surface area contributed by atoms with Gasteiger partial charge in [-0.2, -0.15) is 0 Å². The summed E-state index contributed by atoms with van der Waals surface area (Å²) >= 11 is 0. The van der Waals surface area contributed by atoms with Crippen LogP contribution in [0.2, 0.25) is 0 Å². The van der Waals surface area contributed by atoms with Gasteiger partial charge in [-0.3, -0.25) is 4.79 Å². The molecule has 4 heteroatoms. The zero-order chi connectivity index (χ0) is 15.7. The van der Waals surface area contributed by atoms with Crippen LogP contribution in [0, 0.1) is 0 Å². The number of nitrogens with zero attached hydrogens (tertiary/aromatic N) is 1. The van der Waals surface area contributed by atoms with Crippen LogP contribution in [0.5, 0.6) is 5.75 Å². The molecule has 0 aliphatic heterocycles. The van der Waals surface area contributed by atoms with Gasteiger partial charge >= 0.3 is 0 Å². The van der Waals surface area contributed by atoms with Gasteiger partial charge in [-0.25, -0.2) is 0 Å². The second-order valence-electron chi connectivity index (χ2n) is 6.64. The third-order valence-corrected chi connectivity index (χ3v) is 5.36. The van der Waals surface area contributed by atoms with E-state index in [1.54, 1.807) is 7.11 Å². The number of hydrogen-bond donors (Lipinski definition) is 1. The summed E-state index contributed by atoms with van der Waals surface area (Å²) in [5.41, 5.74) is 8.34. The maximum absolute atomic E-state index is 13.0. The van der Waals surface area contributed by atoms with Crippen LogP contribution < -0.4 is 10.5 Å². The Morgan fingerprint density at radius 1 is 1.23 bits per heavy atom. The van der Waals surface area contributed by atoms with Gasteiger partial charge in [0.15, 0.2) is 0 Å². The van der Waals surface area contributed by atoms with Crippen LogP contribution in [0.3, 0.4) is 0 Å². The first-order chi connectivity index (χ1) is 10.6. The predicted octanol–water partition coefficient (Wildman–Crippen LogP) is 2.45. The Morgan fingerprint density at radius 2 is 1.95 bits per heavy atom. The molecule has 22 heavy (non-hydrogen) atoms. The van der Waals surface area contributed by atoms with Gasteiger partial charge in [0.1, 0.15) is 5.75 Å². The van der Waals surface area contributed by atoms with Crippen molar-refractivity contribution in [2.24, 2.45) is 5.73 Å². The van der Waals surface area contributed by atoms with Gasteiger partial charge in [0.25, 0.3) is 0 Å². The number of hydrogen-bond acceptors (Lipinski definition) is 3. The van der Waals surface area contributed by atoms with Crippen molar-refractivity contribution in [1.82, 2.24) is 4.90 Å². The van der Waals surface area contributed by atoms with Crippen molar-refractivity contribution < 1.29 is 9.53 Å². The molecule has 0 spiro atoms. The first-order valence-electron chi connectivity index (χ1n) is 8.30. The van der Waals surface area contributed by atoms with Gasteiger partial charge in [-0.15, -0.1) is 0 Å². The maximum atomic E-state index is 13.0. The Hall–Kier alpha value is -1.55. The monoisotopic (exact) mass is 302 g/mol. The third-order valence-electron chi connectivity index (χ3n) is 5.36. The topological polar surface area (TPSA) is 55.6 Å². The number of rotatable bonds is 3. The number of fused-ring (bicyclic) bond motifs is 1. The molecule has 2 N–H and O–H groups in total. The number of amides is 1. The lowest BCUT2D eigenvalue weighted by molar-refractivity contribution is -0.134. The second-order valence-corrected chi connectivity index (χ2v) is 6.64. The predicted molar refractivity (Wildman–Crippen MR) is 87.1 cm³/mol. The van der Waals surface area contributed by atoms with Crippen LogP contribution in [-0.4, -0.2) is 37.0 Å². The number of aryl methyl sites for hydroxylation is 1. The molecule has 1 amide bonds. The summed E-state index contributed by atoms with van der Waals surface area (Å²) in [7, 11) is 3.64. The first-order valence-corrected chi connectivity index (χ1v) is 8.30. The fourth-order valence-corrected chi connectivity index (χ4v) is 3.99. The first kappa shape index (κ1) is 15.3. The van der Waals surface area contributed by atoms with E-state index in [1.807, 2.05) is 24.1 Å². The number of nitrogens with two attached hydrogens (primary N) is 1. The summed E-state index contributed by atoms with van der Waals surface area (Å²) in [5, 5.41) is 0. The van der Waals surface area contributed by atoms with E-state index in [9.17, 15) is 4.79 Å². The lowest BCUT2D eigenvalue weighted by Crippen LogP contribution is -2.43. The molecule has 0 heterocycles. The molecular weight excluding hydrogens is 276 g/mol. The number of likely N-dealkylation sites (N-methyl/N-ethyl adjacent to an activating group) is 1. The van der Waals surface area contributed by atoms with Gasteiger partial charge in [0.05, 0.1) is 13.0 Å². The molecule has 1 fully saturated rings. The van der Waals surface area contributed by atoms with Crippen LogP contribution in [0.15, 0.2) is 18.2 Å². The van der Waals surface area contributed by atoms with E-state index in [2.05, 4.69) is 6.07 Å². The van der Waals surface area contributed by atoms with E-state index in [4.69, 9.17) is 10.5 Å². The van der Waals surface area contributed by atoms with E-state index >= 15 is 0 Å². The molecule has 1 atom stereocenters. The number of carbonyl (C=O) groups excluding carboxylic acids is 1. The zero-order valence-electron chi connectivity index (χ0n) is 13.5. The minimum absolute atomic E-state index is 0.0493. The van der Waals surface area contributed by atoms with Crippen molar-refractivity contribution >= 4 is 5.91 Å². The summed E-state index contributed by atoms with van der Waals surface area (Å²) in [6.07, 6.45) is 5.95. The highest BCUT2D eigenvalue weighted by Crippen LogP contribution is 2.41. The SMILES string of the molecule is COc1cccc2c1C(C(=O)N(C)C1CCC(N)CC1)CC2.